The number of benzene rings is 2. The zero-order chi connectivity index (χ0) is 15.8. The van der Waals surface area contributed by atoms with Crippen LogP contribution in [0, 0.1) is 0 Å². The maximum atomic E-state index is 11.8. The third kappa shape index (κ3) is 5.39. The van der Waals surface area contributed by atoms with Gasteiger partial charge in [0, 0.05) is 30.2 Å². The van der Waals surface area contributed by atoms with Gasteiger partial charge in [0.2, 0.25) is 5.91 Å². The van der Waals surface area contributed by atoms with Crippen LogP contribution in [0.3, 0.4) is 0 Å². The number of nitrogens with one attached hydrogen (secondary N) is 2. The maximum Gasteiger partial charge on any atom is 0.225 e. The van der Waals surface area contributed by atoms with Gasteiger partial charge in [-0.3, -0.25) is 4.79 Å². The lowest BCUT2D eigenvalue weighted by Gasteiger charge is -2.07. The highest BCUT2D eigenvalue weighted by atomic mass is 35.5. The van der Waals surface area contributed by atoms with E-state index in [1.807, 2.05) is 30.3 Å². The quantitative estimate of drug-likeness (QED) is 0.769. The van der Waals surface area contributed by atoms with Crippen LogP contribution in [0.15, 0.2) is 48.5 Å². The number of anilines is 1. The smallest absolute Gasteiger partial charge is 0.225 e. The first-order valence-corrected chi connectivity index (χ1v) is 7.44. The molecule has 116 valence electrons. The van der Waals surface area contributed by atoms with Crippen LogP contribution < -0.4 is 15.4 Å². The van der Waals surface area contributed by atoms with Gasteiger partial charge in [0.25, 0.3) is 0 Å². The highest BCUT2D eigenvalue weighted by Gasteiger charge is 2.02. The first kappa shape index (κ1) is 16.3. The third-order valence-electron chi connectivity index (χ3n) is 3.13. The number of carbonyl (C=O) groups is 1. The van der Waals surface area contributed by atoms with Crippen molar-refractivity contribution >= 4 is 23.2 Å². The second kappa shape index (κ2) is 8.41. The van der Waals surface area contributed by atoms with Gasteiger partial charge in [-0.2, -0.15) is 0 Å². The first-order chi connectivity index (χ1) is 10.7. The molecule has 4 nitrogen and oxygen atoms in total. The van der Waals surface area contributed by atoms with Crippen LogP contribution >= 0.6 is 11.6 Å². The Labute approximate surface area is 135 Å². The van der Waals surface area contributed by atoms with Crippen molar-refractivity contribution in [3.8, 4) is 5.75 Å². The van der Waals surface area contributed by atoms with Gasteiger partial charge < -0.3 is 15.4 Å². The molecule has 0 aliphatic carbocycles. The molecule has 0 atom stereocenters. The molecule has 0 aliphatic rings. The Kier molecular flexibility index (Phi) is 6.25. The molecule has 1 amide bonds. The lowest BCUT2D eigenvalue weighted by atomic mass is 10.2. The number of hydrogen-bond acceptors (Lipinski definition) is 3. The van der Waals surface area contributed by atoms with Gasteiger partial charge in [-0.15, -0.1) is 0 Å². The van der Waals surface area contributed by atoms with Crippen LogP contribution in [-0.4, -0.2) is 19.6 Å². The molecule has 0 saturated carbocycles. The zero-order valence-electron chi connectivity index (χ0n) is 12.4. The summed E-state index contributed by atoms with van der Waals surface area (Å²) < 4.78 is 5.11. The lowest BCUT2D eigenvalue weighted by Crippen LogP contribution is -2.21. The molecule has 0 unspecified atom stereocenters. The molecule has 0 fully saturated rings. The van der Waals surface area contributed by atoms with Crippen LogP contribution in [0.5, 0.6) is 5.75 Å². The highest BCUT2D eigenvalue weighted by Crippen LogP contribution is 2.15. The van der Waals surface area contributed by atoms with Crippen molar-refractivity contribution in [2.45, 2.75) is 13.0 Å². The Balaban J connectivity index is 1.68. The third-order valence-corrected chi connectivity index (χ3v) is 3.36. The Morgan fingerprint density at radius 3 is 2.64 bits per heavy atom. The average molecular weight is 319 g/mol. The van der Waals surface area contributed by atoms with E-state index in [2.05, 4.69) is 10.6 Å². The summed E-state index contributed by atoms with van der Waals surface area (Å²) in [6, 6.07) is 15.0. The predicted octanol–water partition coefficient (Wildman–Crippen LogP) is 3.47. The molecule has 5 heteroatoms. The number of methoxy groups -OCH3 is 1. The Morgan fingerprint density at radius 1 is 1.18 bits per heavy atom. The number of amides is 1. The molecule has 0 spiro atoms. The van der Waals surface area contributed by atoms with Crippen molar-refractivity contribution in [2.24, 2.45) is 0 Å². The maximum absolute atomic E-state index is 11.8. The molecular weight excluding hydrogens is 300 g/mol. The predicted molar refractivity (Wildman–Crippen MR) is 89.4 cm³/mol. The average Bonchev–Trinajstić information content (AvgIpc) is 2.52. The van der Waals surface area contributed by atoms with Gasteiger partial charge in [0.15, 0.2) is 0 Å². The lowest BCUT2D eigenvalue weighted by molar-refractivity contribution is -0.116. The summed E-state index contributed by atoms with van der Waals surface area (Å²) in [5.41, 5.74) is 1.86. The molecule has 2 aromatic rings. The van der Waals surface area contributed by atoms with Gasteiger partial charge in [-0.1, -0.05) is 29.8 Å². The van der Waals surface area contributed by atoms with Gasteiger partial charge in [0.05, 0.1) is 7.11 Å². The van der Waals surface area contributed by atoms with E-state index in [4.69, 9.17) is 16.3 Å². The van der Waals surface area contributed by atoms with Crippen LogP contribution in [0.1, 0.15) is 12.0 Å². The molecule has 0 aromatic heterocycles. The SMILES string of the molecule is COc1ccc(CNCCC(=O)Nc2cccc(Cl)c2)cc1. The van der Waals surface area contributed by atoms with E-state index in [9.17, 15) is 4.79 Å². The van der Waals surface area contributed by atoms with E-state index in [1.165, 1.54) is 0 Å². The number of rotatable bonds is 7. The van der Waals surface area contributed by atoms with Gasteiger partial charge in [-0.05, 0) is 35.9 Å². The zero-order valence-corrected chi connectivity index (χ0v) is 13.2. The van der Waals surface area contributed by atoms with Gasteiger partial charge in [0.1, 0.15) is 5.75 Å². The number of halogens is 1. The van der Waals surface area contributed by atoms with Crippen molar-refractivity contribution in [3.63, 3.8) is 0 Å². The summed E-state index contributed by atoms with van der Waals surface area (Å²) in [5.74, 6) is 0.800. The minimum atomic E-state index is -0.0375. The van der Waals surface area contributed by atoms with Crippen LogP contribution in [0.2, 0.25) is 5.02 Å². The van der Waals surface area contributed by atoms with Gasteiger partial charge in [-0.25, -0.2) is 0 Å². The minimum Gasteiger partial charge on any atom is -0.497 e. The molecule has 2 rings (SSSR count). The second-order valence-corrected chi connectivity index (χ2v) is 5.27. The van der Waals surface area contributed by atoms with Crippen molar-refractivity contribution < 1.29 is 9.53 Å². The molecule has 0 bridgehead atoms. The normalized spacial score (nSPS) is 10.3. The molecule has 22 heavy (non-hydrogen) atoms. The number of hydrogen-bond donors (Lipinski definition) is 2. The monoisotopic (exact) mass is 318 g/mol. The summed E-state index contributed by atoms with van der Waals surface area (Å²) in [5, 5.41) is 6.66. The van der Waals surface area contributed by atoms with E-state index in [1.54, 1.807) is 25.3 Å². The largest absolute Gasteiger partial charge is 0.497 e. The minimum absolute atomic E-state index is 0.0375. The van der Waals surface area contributed by atoms with Crippen LogP contribution in [0.4, 0.5) is 5.69 Å². The molecule has 0 aliphatic heterocycles. The summed E-state index contributed by atoms with van der Waals surface area (Å²) in [7, 11) is 1.64. The molecule has 2 N–H and O–H groups in total. The molecule has 0 radical (unpaired) electrons. The van der Waals surface area contributed by atoms with E-state index in [-0.39, 0.29) is 5.91 Å². The molecule has 0 heterocycles. The fourth-order valence-corrected chi connectivity index (χ4v) is 2.16. The topological polar surface area (TPSA) is 50.4 Å². The standard InChI is InChI=1S/C17H19ClN2O2/c1-22-16-7-5-13(6-8-16)12-19-10-9-17(21)20-15-4-2-3-14(18)11-15/h2-8,11,19H,9-10,12H2,1H3,(H,20,21). The Hall–Kier alpha value is -2.04. The second-order valence-electron chi connectivity index (χ2n) is 4.83. The molecule has 2 aromatic carbocycles. The Morgan fingerprint density at radius 2 is 1.95 bits per heavy atom. The van der Waals surface area contributed by atoms with Crippen molar-refractivity contribution in [2.75, 3.05) is 19.0 Å². The van der Waals surface area contributed by atoms with Crippen molar-refractivity contribution in [3.05, 3.63) is 59.1 Å². The fourth-order valence-electron chi connectivity index (χ4n) is 1.97. The van der Waals surface area contributed by atoms with Crippen molar-refractivity contribution in [1.29, 1.82) is 0 Å². The van der Waals surface area contributed by atoms with E-state index in [0.29, 0.717) is 30.2 Å². The van der Waals surface area contributed by atoms with Gasteiger partial charge >= 0.3 is 0 Å². The van der Waals surface area contributed by atoms with Crippen LogP contribution in [-0.2, 0) is 11.3 Å². The summed E-state index contributed by atoms with van der Waals surface area (Å²) in [6.07, 6.45) is 0.405. The molecule has 0 saturated heterocycles. The van der Waals surface area contributed by atoms with Crippen LogP contribution in [0.25, 0.3) is 0 Å². The highest BCUT2D eigenvalue weighted by molar-refractivity contribution is 6.30. The van der Waals surface area contributed by atoms with E-state index in [0.717, 1.165) is 11.3 Å². The number of ether oxygens (including phenoxy) is 1. The summed E-state index contributed by atoms with van der Waals surface area (Å²) in [4.78, 5) is 11.8. The summed E-state index contributed by atoms with van der Waals surface area (Å²) in [6.45, 7) is 1.33. The number of carbonyl (C=O) groups excluding carboxylic acids is 1. The van der Waals surface area contributed by atoms with E-state index < -0.39 is 0 Å². The van der Waals surface area contributed by atoms with E-state index >= 15 is 0 Å². The first-order valence-electron chi connectivity index (χ1n) is 7.06. The summed E-state index contributed by atoms with van der Waals surface area (Å²) >= 11 is 5.87. The Bertz CT molecular complexity index is 614. The fraction of sp³-hybridized carbons (Fsp3) is 0.235. The molecular formula is C17H19ClN2O2. The van der Waals surface area contributed by atoms with Crippen molar-refractivity contribution in [1.82, 2.24) is 5.32 Å².